The average Bonchev–Trinajstić information content (AvgIpc) is 1.81. The van der Waals surface area contributed by atoms with E-state index in [4.69, 9.17) is 10.8 Å². The van der Waals surface area contributed by atoms with Crippen LogP contribution in [0, 0.1) is 0 Å². The van der Waals surface area contributed by atoms with Gasteiger partial charge in [0.1, 0.15) is 6.54 Å². The summed E-state index contributed by atoms with van der Waals surface area (Å²) < 4.78 is 0. The van der Waals surface area contributed by atoms with Crippen molar-refractivity contribution in [2.75, 3.05) is 13.1 Å². The highest BCUT2D eigenvalue weighted by atomic mass is 16.4. The van der Waals surface area contributed by atoms with Gasteiger partial charge in [-0.2, -0.15) is 0 Å². The van der Waals surface area contributed by atoms with Gasteiger partial charge in [-0.1, -0.05) is 0 Å². The number of rotatable bonds is 3. The van der Waals surface area contributed by atoms with Crippen molar-refractivity contribution in [3.8, 4) is 0 Å². The summed E-state index contributed by atoms with van der Waals surface area (Å²) in [6.45, 7) is 1.65. The van der Waals surface area contributed by atoms with E-state index in [1.54, 1.807) is 6.92 Å². The molecule has 0 unspecified atom stereocenters. The molecule has 0 saturated heterocycles. The highest BCUT2D eigenvalue weighted by Crippen LogP contribution is 1.84. The largest absolute Gasteiger partial charge is 0.480 e. The molecular weight excluding hydrogens is 136 g/mol. The van der Waals surface area contributed by atoms with Gasteiger partial charge in [-0.25, -0.2) is 4.79 Å². The third-order valence-corrected chi connectivity index (χ3v) is 1.02. The number of amides is 2. The molecule has 0 aromatic rings. The Balaban J connectivity index is 3.83. The van der Waals surface area contributed by atoms with Crippen molar-refractivity contribution in [3.05, 3.63) is 0 Å². The Morgan fingerprint density at radius 2 is 2.10 bits per heavy atom. The van der Waals surface area contributed by atoms with Crippen LogP contribution in [0.1, 0.15) is 6.92 Å². The van der Waals surface area contributed by atoms with Crippen LogP contribution in [0.2, 0.25) is 0 Å². The van der Waals surface area contributed by atoms with Gasteiger partial charge in [-0.15, -0.1) is 0 Å². The molecule has 0 atom stereocenters. The molecule has 0 aromatic heterocycles. The maximum atomic E-state index is 10.4. The molecule has 58 valence electrons. The number of carbonyl (C=O) groups is 2. The molecule has 5 heteroatoms. The molecule has 2 amide bonds. The van der Waals surface area contributed by atoms with Crippen LogP contribution in [0.5, 0.6) is 0 Å². The topological polar surface area (TPSA) is 83.6 Å². The first-order valence-corrected chi connectivity index (χ1v) is 2.84. The lowest BCUT2D eigenvalue weighted by Gasteiger charge is -2.14. The monoisotopic (exact) mass is 146 g/mol. The van der Waals surface area contributed by atoms with Crippen molar-refractivity contribution in [1.29, 1.82) is 0 Å². The van der Waals surface area contributed by atoms with Gasteiger partial charge in [0, 0.05) is 6.54 Å². The maximum absolute atomic E-state index is 10.4. The Kier molecular flexibility index (Phi) is 3.24. The van der Waals surface area contributed by atoms with E-state index in [2.05, 4.69) is 0 Å². The molecule has 0 rings (SSSR count). The Bertz CT molecular complexity index is 146. The SMILES string of the molecule is CCN(CC(=O)O)C(N)=O. The van der Waals surface area contributed by atoms with Gasteiger partial charge < -0.3 is 15.7 Å². The molecule has 0 heterocycles. The van der Waals surface area contributed by atoms with Gasteiger partial charge in [0.25, 0.3) is 0 Å². The van der Waals surface area contributed by atoms with E-state index in [1.807, 2.05) is 0 Å². The van der Waals surface area contributed by atoms with E-state index in [0.717, 1.165) is 4.90 Å². The van der Waals surface area contributed by atoms with E-state index < -0.39 is 12.0 Å². The van der Waals surface area contributed by atoms with Crippen molar-refractivity contribution < 1.29 is 14.7 Å². The van der Waals surface area contributed by atoms with E-state index in [0.29, 0.717) is 6.54 Å². The number of likely N-dealkylation sites (N-methyl/N-ethyl adjacent to an activating group) is 1. The molecule has 0 aliphatic carbocycles. The Morgan fingerprint density at radius 3 is 2.20 bits per heavy atom. The zero-order chi connectivity index (χ0) is 8.15. The molecule has 0 aliphatic rings. The first-order valence-electron chi connectivity index (χ1n) is 2.84. The molecule has 0 aliphatic heterocycles. The van der Waals surface area contributed by atoms with Gasteiger partial charge in [-0.3, -0.25) is 4.79 Å². The summed E-state index contributed by atoms with van der Waals surface area (Å²) in [5, 5.41) is 8.21. The summed E-state index contributed by atoms with van der Waals surface area (Å²) in [7, 11) is 0. The molecule has 3 N–H and O–H groups in total. The van der Waals surface area contributed by atoms with Gasteiger partial charge in [0.05, 0.1) is 0 Å². The lowest BCUT2D eigenvalue weighted by atomic mass is 10.5. The van der Waals surface area contributed by atoms with Gasteiger partial charge in [0.2, 0.25) is 0 Å². The van der Waals surface area contributed by atoms with E-state index >= 15 is 0 Å². The number of carboxylic acids is 1. The quantitative estimate of drug-likeness (QED) is 0.561. The van der Waals surface area contributed by atoms with Crippen LogP contribution in [0.3, 0.4) is 0 Å². The summed E-state index contributed by atoms with van der Waals surface area (Å²) >= 11 is 0. The number of carbonyl (C=O) groups excluding carboxylic acids is 1. The minimum atomic E-state index is -1.05. The molecule has 0 radical (unpaired) electrons. The first kappa shape index (κ1) is 8.74. The number of urea groups is 1. The maximum Gasteiger partial charge on any atom is 0.323 e. The van der Waals surface area contributed by atoms with Crippen LogP contribution in [-0.4, -0.2) is 35.1 Å². The van der Waals surface area contributed by atoms with Gasteiger partial charge in [0.15, 0.2) is 0 Å². The lowest BCUT2D eigenvalue weighted by Crippen LogP contribution is -2.39. The zero-order valence-electron chi connectivity index (χ0n) is 5.70. The predicted octanol–water partition coefficient (Wildman–Crippen LogP) is -0.528. The Morgan fingerprint density at radius 1 is 1.60 bits per heavy atom. The smallest absolute Gasteiger partial charge is 0.323 e. The average molecular weight is 146 g/mol. The highest BCUT2D eigenvalue weighted by molar-refractivity contribution is 5.78. The molecule has 0 aromatic carbocycles. The summed E-state index contributed by atoms with van der Waals surface area (Å²) in [5.41, 5.74) is 4.82. The standard InChI is InChI=1S/C5H10N2O3/c1-2-7(5(6)10)3-4(8)9/h2-3H2,1H3,(H2,6,10)(H,8,9). The third-order valence-electron chi connectivity index (χ3n) is 1.02. The van der Waals surface area contributed by atoms with Gasteiger partial charge >= 0.3 is 12.0 Å². The van der Waals surface area contributed by atoms with Crippen molar-refractivity contribution >= 4 is 12.0 Å². The second kappa shape index (κ2) is 3.71. The molecular formula is C5H10N2O3. The van der Waals surface area contributed by atoms with Crippen molar-refractivity contribution in [2.45, 2.75) is 6.92 Å². The summed E-state index contributed by atoms with van der Waals surface area (Å²) in [4.78, 5) is 21.4. The van der Waals surface area contributed by atoms with E-state index in [9.17, 15) is 9.59 Å². The fraction of sp³-hybridized carbons (Fsp3) is 0.600. The molecule has 0 saturated carbocycles. The zero-order valence-corrected chi connectivity index (χ0v) is 5.70. The van der Waals surface area contributed by atoms with E-state index in [-0.39, 0.29) is 6.54 Å². The lowest BCUT2D eigenvalue weighted by molar-refractivity contribution is -0.137. The molecule has 10 heavy (non-hydrogen) atoms. The van der Waals surface area contributed by atoms with Crippen LogP contribution in [0.25, 0.3) is 0 Å². The second-order valence-corrected chi connectivity index (χ2v) is 1.75. The number of nitrogens with two attached hydrogens (primary N) is 1. The van der Waals surface area contributed by atoms with Crippen molar-refractivity contribution in [1.82, 2.24) is 4.90 Å². The minimum absolute atomic E-state index is 0.321. The number of hydrogen-bond acceptors (Lipinski definition) is 2. The third kappa shape index (κ3) is 2.91. The number of nitrogens with zero attached hydrogens (tertiary/aromatic N) is 1. The number of primary amides is 1. The van der Waals surface area contributed by atoms with Gasteiger partial charge in [-0.05, 0) is 6.92 Å². The fourth-order valence-corrected chi connectivity index (χ4v) is 0.509. The summed E-state index contributed by atoms with van der Waals surface area (Å²) in [6.07, 6.45) is 0. The number of carboxylic acid groups (broad SMARTS) is 1. The fourth-order valence-electron chi connectivity index (χ4n) is 0.509. The van der Waals surface area contributed by atoms with Crippen LogP contribution >= 0.6 is 0 Å². The predicted molar refractivity (Wildman–Crippen MR) is 34.5 cm³/mol. The molecule has 0 bridgehead atoms. The summed E-state index contributed by atoms with van der Waals surface area (Å²) in [5.74, 6) is -1.05. The van der Waals surface area contributed by atoms with Crippen LogP contribution < -0.4 is 5.73 Å². The minimum Gasteiger partial charge on any atom is -0.480 e. The van der Waals surface area contributed by atoms with E-state index in [1.165, 1.54) is 0 Å². The second-order valence-electron chi connectivity index (χ2n) is 1.75. The van der Waals surface area contributed by atoms with Crippen LogP contribution in [0.15, 0.2) is 0 Å². The summed E-state index contributed by atoms with van der Waals surface area (Å²) in [6, 6.07) is -0.704. The van der Waals surface area contributed by atoms with Crippen LogP contribution in [0.4, 0.5) is 4.79 Å². The molecule has 0 fully saturated rings. The Hall–Kier alpha value is -1.26. The number of hydrogen-bond donors (Lipinski definition) is 2. The molecule has 5 nitrogen and oxygen atoms in total. The Labute approximate surface area is 58.4 Å². The molecule has 0 spiro atoms. The number of aliphatic carboxylic acids is 1. The van der Waals surface area contributed by atoms with Crippen molar-refractivity contribution in [3.63, 3.8) is 0 Å². The van der Waals surface area contributed by atoms with Crippen LogP contribution in [-0.2, 0) is 4.79 Å². The first-order chi connectivity index (χ1) is 4.57. The normalized spacial score (nSPS) is 8.90. The van der Waals surface area contributed by atoms with Crippen molar-refractivity contribution in [2.24, 2.45) is 5.73 Å². The highest BCUT2D eigenvalue weighted by Gasteiger charge is 2.09.